The van der Waals surface area contributed by atoms with Crippen LogP contribution < -0.4 is 9.64 Å². The van der Waals surface area contributed by atoms with E-state index in [0.29, 0.717) is 36.7 Å². The Hall–Kier alpha value is -1.97. The zero-order valence-corrected chi connectivity index (χ0v) is 18.1. The molecular formula is C19H21Cl2F3N4O2. The van der Waals surface area contributed by atoms with E-state index >= 15 is 0 Å². The molecule has 0 saturated carbocycles. The van der Waals surface area contributed by atoms with Crippen LogP contribution in [0.1, 0.15) is 24.5 Å². The van der Waals surface area contributed by atoms with Gasteiger partial charge in [0.25, 0.3) is 0 Å². The molecule has 1 aliphatic heterocycles. The van der Waals surface area contributed by atoms with E-state index in [2.05, 4.69) is 10.00 Å². The Balaban J connectivity index is 1.83. The number of hydrogen-bond donors (Lipinski definition) is 0. The SMILES string of the molecule is COc1cc(N2CCN(C(C=O)n3nc(C(F)(F)F)c(Cl)c3C)C[C@@H]2C)ccc1Cl. The van der Waals surface area contributed by atoms with Gasteiger partial charge in [0.1, 0.15) is 5.75 Å². The standard InChI is InChI=1S/C19H21Cl2F3N4O2/c1-11-9-26(6-7-27(11)13-4-5-14(20)15(8-13)30-3)16(10-29)28-12(2)17(21)18(25-28)19(22,23)24/h4-5,8,10-11,16H,6-7,9H2,1-3H3/t11-,16?/m0/s1. The van der Waals surface area contributed by atoms with E-state index < -0.39 is 23.1 Å². The van der Waals surface area contributed by atoms with Gasteiger partial charge in [0, 0.05) is 37.4 Å². The Morgan fingerprint density at radius 2 is 2.00 bits per heavy atom. The molecule has 30 heavy (non-hydrogen) atoms. The van der Waals surface area contributed by atoms with Crippen molar-refractivity contribution in [1.82, 2.24) is 14.7 Å². The number of aromatic nitrogens is 2. The van der Waals surface area contributed by atoms with Gasteiger partial charge in [-0.2, -0.15) is 18.3 Å². The van der Waals surface area contributed by atoms with Gasteiger partial charge in [0.05, 0.1) is 22.8 Å². The van der Waals surface area contributed by atoms with Gasteiger partial charge in [-0.25, -0.2) is 4.68 Å². The highest BCUT2D eigenvalue weighted by Crippen LogP contribution is 2.37. The number of ether oxygens (including phenoxy) is 1. The summed E-state index contributed by atoms with van der Waals surface area (Å²) in [5.41, 5.74) is -0.184. The molecule has 1 fully saturated rings. The highest BCUT2D eigenvalue weighted by molar-refractivity contribution is 6.32. The van der Waals surface area contributed by atoms with Crippen LogP contribution in [0.3, 0.4) is 0 Å². The number of aldehydes is 1. The van der Waals surface area contributed by atoms with Crippen LogP contribution in [0.5, 0.6) is 5.75 Å². The smallest absolute Gasteiger partial charge is 0.436 e. The molecule has 0 amide bonds. The highest BCUT2D eigenvalue weighted by atomic mass is 35.5. The number of nitrogens with zero attached hydrogens (tertiary/aromatic N) is 4. The molecule has 11 heteroatoms. The fourth-order valence-corrected chi connectivity index (χ4v) is 4.10. The van der Waals surface area contributed by atoms with Crippen molar-refractivity contribution in [1.29, 1.82) is 0 Å². The molecule has 0 radical (unpaired) electrons. The summed E-state index contributed by atoms with van der Waals surface area (Å²) >= 11 is 11.9. The zero-order valence-electron chi connectivity index (χ0n) is 16.6. The molecule has 0 N–H and O–H groups in total. The summed E-state index contributed by atoms with van der Waals surface area (Å²) in [7, 11) is 1.54. The molecule has 1 unspecified atom stereocenters. The third-order valence-corrected chi connectivity index (χ3v) is 5.98. The molecule has 1 aromatic carbocycles. The van der Waals surface area contributed by atoms with Gasteiger partial charge in [-0.15, -0.1) is 0 Å². The summed E-state index contributed by atoms with van der Waals surface area (Å²) in [5.74, 6) is 0.552. The zero-order chi connectivity index (χ0) is 22.2. The number of carbonyl (C=O) groups is 1. The Bertz CT molecular complexity index is 935. The van der Waals surface area contributed by atoms with Gasteiger partial charge in [0.2, 0.25) is 0 Å². The average molecular weight is 465 g/mol. The third-order valence-electron chi connectivity index (χ3n) is 5.22. The highest BCUT2D eigenvalue weighted by Gasteiger charge is 2.40. The summed E-state index contributed by atoms with van der Waals surface area (Å²) < 4.78 is 45.8. The molecule has 2 heterocycles. The molecule has 0 aliphatic carbocycles. The predicted octanol–water partition coefficient (Wildman–Crippen LogP) is 4.43. The van der Waals surface area contributed by atoms with Gasteiger partial charge < -0.3 is 9.64 Å². The molecule has 1 aromatic heterocycles. The molecule has 6 nitrogen and oxygen atoms in total. The fourth-order valence-electron chi connectivity index (χ4n) is 3.67. The van der Waals surface area contributed by atoms with Gasteiger partial charge in [-0.1, -0.05) is 23.2 Å². The van der Waals surface area contributed by atoms with Crippen LogP contribution >= 0.6 is 23.2 Å². The first kappa shape index (κ1) is 22.7. The van der Waals surface area contributed by atoms with Crippen molar-refractivity contribution in [3.8, 4) is 5.75 Å². The van der Waals surface area contributed by atoms with Crippen LogP contribution in [0.4, 0.5) is 18.9 Å². The van der Waals surface area contributed by atoms with Crippen molar-refractivity contribution in [2.45, 2.75) is 32.2 Å². The minimum Gasteiger partial charge on any atom is -0.495 e. The van der Waals surface area contributed by atoms with Crippen molar-refractivity contribution < 1.29 is 22.7 Å². The molecule has 2 atom stereocenters. The van der Waals surface area contributed by atoms with E-state index in [1.54, 1.807) is 11.0 Å². The van der Waals surface area contributed by atoms with E-state index in [1.165, 1.54) is 14.0 Å². The second kappa shape index (κ2) is 8.64. The summed E-state index contributed by atoms with van der Waals surface area (Å²) in [6, 6.07) is 5.43. The van der Waals surface area contributed by atoms with Gasteiger partial charge in [0.15, 0.2) is 18.1 Å². The van der Waals surface area contributed by atoms with Crippen molar-refractivity contribution in [2.24, 2.45) is 0 Å². The van der Waals surface area contributed by atoms with Crippen molar-refractivity contribution >= 4 is 35.2 Å². The molecule has 0 bridgehead atoms. The number of hydrogen-bond acceptors (Lipinski definition) is 5. The fraction of sp³-hybridized carbons (Fsp3) is 0.474. The van der Waals surface area contributed by atoms with E-state index in [9.17, 15) is 18.0 Å². The number of methoxy groups -OCH3 is 1. The largest absolute Gasteiger partial charge is 0.495 e. The maximum absolute atomic E-state index is 13.2. The second-order valence-corrected chi connectivity index (χ2v) is 7.88. The summed E-state index contributed by atoms with van der Waals surface area (Å²) in [6.07, 6.45) is -5.09. The third kappa shape index (κ3) is 4.24. The van der Waals surface area contributed by atoms with E-state index in [1.807, 2.05) is 19.1 Å². The number of piperazine rings is 1. The second-order valence-electron chi connectivity index (χ2n) is 7.10. The van der Waals surface area contributed by atoms with Gasteiger partial charge in [-0.05, 0) is 26.0 Å². The lowest BCUT2D eigenvalue weighted by Gasteiger charge is -2.43. The molecule has 1 aliphatic rings. The monoisotopic (exact) mass is 464 g/mol. The molecular weight excluding hydrogens is 444 g/mol. The Labute approximate surface area is 182 Å². The minimum absolute atomic E-state index is 0.0273. The van der Waals surface area contributed by atoms with E-state index in [0.717, 1.165) is 10.4 Å². The summed E-state index contributed by atoms with van der Waals surface area (Å²) in [6.45, 7) is 4.82. The van der Waals surface area contributed by atoms with Crippen LogP contribution in [0, 0.1) is 6.92 Å². The number of benzene rings is 1. The van der Waals surface area contributed by atoms with E-state index in [4.69, 9.17) is 27.9 Å². The number of anilines is 1. The minimum atomic E-state index is -4.69. The van der Waals surface area contributed by atoms with Crippen LogP contribution in [0.2, 0.25) is 10.0 Å². The molecule has 1 saturated heterocycles. The first-order valence-corrected chi connectivity index (χ1v) is 9.95. The van der Waals surface area contributed by atoms with E-state index in [-0.39, 0.29) is 11.7 Å². The normalized spacial score (nSPS) is 19.1. The number of carbonyl (C=O) groups excluding carboxylic acids is 1. The van der Waals surface area contributed by atoms with Crippen molar-refractivity contribution in [2.75, 3.05) is 31.6 Å². The van der Waals surface area contributed by atoms with Crippen LogP contribution in [-0.2, 0) is 11.0 Å². The first-order valence-electron chi connectivity index (χ1n) is 9.19. The number of rotatable bonds is 5. The lowest BCUT2D eigenvalue weighted by atomic mass is 10.1. The van der Waals surface area contributed by atoms with Gasteiger partial charge in [-0.3, -0.25) is 9.69 Å². The quantitative estimate of drug-likeness (QED) is 0.612. The maximum atomic E-state index is 13.2. The van der Waals surface area contributed by atoms with Crippen LogP contribution in [0.15, 0.2) is 18.2 Å². The number of alkyl halides is 3. The molecule has 3 rings (SSSR count). The molecule has 2 aromatic rings. The van der Waals surface area contributed by atoms with Crippen LogP contribution in [0.25, 0.3) is 0 Å². The number of halogens is 5. The lowest BCUT2D eigenvalue weighted by molar-refractivity contribution is -0.142. The molecule has 164 valence electrons. The first-order chi connectivity index (χ1) is 14.1. The predicted molar refractivity (Wildman–Crippen MR) is 108 cm³/mol. The average Bonchev–Trinajstić information content (AvgIpc) is 2.99. The maximum Gasteiger partial charge on any atom is 0.436 e. The summed E-state index contributed by atoms with van der Waals surface area (Å²) in [5, 5.41) is 3.61. The lowest BCUT2D eigenvalue weighted by Crippen LogP contribution is -2.54. The van der Waals surface area contributed by atoms with Crippen LogP contribution in [-0.4, -0.2) is 53.8 Å². The Morgan fingerprint density at radius 1 is 1.30 bits per heavy atom. The Kier molecular flexibility index (Phi) is 6.54. The van der Waals surface area contributed by atoms with Crippen molar-refractivity contribution in [3.05, 3.63) is 39.6 Å². The molecule has 0 spiro atoms. The van der Waals surface area contributed by atoms with Gasteiger partial charge >= 0.3 is 6.18 Å². The summed E-state index contributed by atoms with van der Waals surface area (Å²) in [4.78, 5) is 15.8. The Morgan fingerprint density at radius 3 is 2.53 bits per heavy atom. The topological polar surface area (TPSA) is 50.6 Å². The van der Waals surface area contributed by atoms with Crippen molar-refractivity contribution in [3.63, 3.8) is 0 Å².